The molecule has 0 saturated heterocycles. The number of carboxylic acid groups (broad SMARTS) is 1. The normalized spacial score (nSPS) is 12.7. The summed E-state index contributed by atoms with van der Waals surface area (Å²) in [6.07, 6.45) is -1.65. The van der Waals surface area contributed by atoms with E-state index >= 15 is 0 Å². The number of aromatic nitrogens is 3. The average molecular weight is 360 g/mol. The fourth-order valence-corrected chi connectivity index (χ4v) is 3.16. The molecule has 0 amide bonds. The Hall–Kier alpha value is -2.44. The lowest BCUT2D eigenvalue weighted by molar-refractivity contribution is -0.147. The molecule has 3 aromatic rings. The number of halogens is 1. The lowest BCUT2D eigenvalue weighted by atomic mass is 9.98. The van der Waals surface area contributed by atoms with E-state index in [0.29, 0.717) is 27.8 Å². The summed E-state index contributed by atoms with van der Waals surface area (Å²) in [5, 5.41) is 24.5. The maximum Gasteiger partial charge on any atom is 0.337 e. The Bertz CT molecular complexity index is 966. The van der Waals surface area contributed by atoms with Crippen molar-refractivity contribution in [2.75, 3.05) is 0 Å². The van der Waals surface area contributed by atoms with Crippen molar-refractivity contribution in [3.05, 3.63) is 52.3 Å². The third-order valence-electron chi connectivity index (χ3n) is 4.04. The van der Waals surface area contributed by atoms with Crippen LogP contribution in [0.25, 0.3) is 16.9 Å². The van der Waals surface area contributed by atoms with Crippen molar-refractivity contribution in [1.82, 2.24) is 14.6 Å². The highest BCUT2D eigenvalue weighted by Gasteiger charge is 2.27. The number of carbonyl (C=O) groups is 1. The molecule has 2 aromatic heterocycles. The number of hydrogen-bond donors (Lipinski definition) is 2. The van der Waals surface area contributed by atoms with E-state index in [1.165, 1.54) is 0 Å². The fourth-order valence-electron chi connectivity index (χ4n) is 2.97. The highest BCUT2D eigenvalue weighted by atomic mass is 35.5. The Morgan fingerprint density at radius 3 is 2.60 bits per heavy atom. The molecule has 0 aliphatic heterocycles. The molecule has 0 spiro atoms. The highest BCUT2D eigenvalue weighted by molar-refractivity contribution is 6.30. The van der Waals surface area contributed by atoms with Crippen molar-refractivity contribution in [3.8, 4) is 11.3 Å². The van der Waals surface area contributed by atoms with Crippen LogP contribution in [0.5, 0.6) is 0 Å². The Balaban J connectivity index is 2.29. The van der Waals surface area contributed by atoms with Crippen LogP contribution in [0.2, 0.25) is 5.02 Å². The van der Waals surface area contributed by atoms with Gasteiger partial charge >= 0.3 is 5.97 Å². The van der Waals surface area contributed by atoms with E-state index in [4.69, 9.17) is 11.6 Å². The minimum absolute atomic E-state index is 0.0553. The molecule has 0 bridgehead atoms. The topological polar surface area (TPSA) is 87.7 Å². The van der Waals surface area contributed by atoms with Crippen LogP contribution in [0.4, 0.5) is 0 Å². The van der Waals surface area contributed by atoms with E-state index in [9.17, 15) is 15.0 Å². The van der Waals surface area contributed by atoms with Crippen LogP contribution in [0, 0.1) is 6.92 Å². The Labute approximate surface area is 149 Å². The summed E-state index contributed by atoms with van der Waals surface area (Å²) in [4.78, 5) is 15.7. The summed E-state index contributed by atoms with van der Waals surface area (Å²) in [6, 6.07) is 9.13. The molecule has 0 aliphatic carbocycles. The molecule has 0 saturated carbocycles. The van der Waals surface area contributed by atoms with Gasteiger partial charge in [-0.25, -0.2) is 14.3 Å². The molecule has 0 aliphatic rings. The van der Waals surface area contributed by atoms with Gasteiger partial charge in [-0.3, -0.25) is 0 Å². The van der Waals surface area contributed by atoms with Crippen LogP contribution in [-0.2, 0) is 4.79 Å². The number of aliphatic carboxylic acids is 1. The van der Waals surface area contributed by atoms with Crippen LogP contribution in [0.3, 0.4) is 0 Å². The number of hydrogen-bond acceptors (Lipinski definition) is 4. The van der Waals surface area contributed by atoms with Crippen LogP contribution >= 0.6 is 11.6 Å². The zero-order valence-electron chi connectivity index (χ0n) is 14.1. The number of rotatable bonds is 4. The van der Waals surface area contributed by atoms with Crippen molar-refractivity contribution in [2.24, 2.45) is 0 Å². The van der Waals surface area contributed by atoms with Gasteiger partial charge in [-0.1, -0.05) is 37.6 Å². The van der Waals surface area contributed by atoms with Crippen molar-refractivity contribution in [1.29, 1.82) is 0 Å². The predicted octanol–water partition coefficient (Wildman–Crippen LogP) is 3.60. The largest absolute Gasteiger partial charge is 0.479 e. The second-order valence-electron chi connectivity index (χ2n) is 6.20. The average Bonchev–Trinajstić information content (AvgIpc) is 2.95. The highest BCUT2D eigenvalue weighted by Crippen LogP contribution is 2.30. The van der Waals surface area contributed by atoms with Gasteiger partial charge in [0.1, 0.15) is 0 Å². The van der Waals surface area contributed by atoms with E-state index in [1.54, 1.807) is 23.6 Å². The molecule has 1 atom stereocenters. The second kappa shape index (κ2) is 6.46. The van der Waals surface area contributed by atoms with Gasteiger partial charge in [0, 0.05) is 27.9 Å². The van der Waals surface area contributed by atoms with Crippen LogP contribution in [-0.4, -0.2) is 30.8 Å². The van der Waals surface area contributed by atoms with Gasteiger partial charge in [0.25, 0.3) is 0 Å². The number of carboxylic acids is 1. The summed E-state index contributed by atoms with van der Waals surface area (Å²) in [5.41, 5.74) is 3.51. The molecule has 3 rings (SSSR count). The third-order valence-corrected chi connectivity index (χ3v) is 4.28. The standard InChI is InChI=1S/C18H18ClN3O3/c1-9(2)16-15(17(23)18(24)25)10(3)20-14-8-13(21-22(14)16)11-5-4-6-12(19)7-11/h4-9,17,23H,1-3H3,(H,24,25). The summed E-state index contributed by atoms with van der Waals surface area (Å²) >= 11 is 6.05. The number of fused-ring (bicyclic) bond motifs is 1. The first kappa shape index (κ1) is 17.4. The number of aliphatic hydroxyl groups is 1. The Morgan fingerprint density at radius 1 is 1.28 bits per heavy atom. The van der Waals surface area contributed by atoms with E-state index < -0.39 is 12.1 Å². The summed E-state index contributed by atoms with van der Waals surface area (Å²) in [7, 11) is 0. The monoisotopic (exact) mass is 359 g/mol. The molecule has 2 N–H and O–H groups in total. The number of aliphatic hydroxyl groups excluding tert-OH is 1. The van der Waals surface area contributed by atoms with Gasteiger partial charge < -0.3 is 10.2 Å². The van der Waals surface area contributed by atoms with Gasteiger partial charge in [-0.2, -0.15) is 5.10 Å². The van der Waals surface area contributed by atoms with Crippen LogP contribution < -0.4 is 0 Å². The van der Waals surface area contributed by atoms with Gasteiger partial charge in [0.2, 0.25) is 0 Å². The van der Waals surface area contributed by atoms with E-state index in [-0.39, 0.29) is 11.5 Å². The van der Waals surface area contributed by atoms with Gasteiger partial charge in [0.15, 0.2) is 11.8 Å². The molecule has 1 aromatic carbocycles. The van der Waals surface area contributed by atoms with Gasteiger partial charge in [0.05, 0.1) is 11.4 Å². The molecule has 7 heteroatoms. The summed E-state index contributed by atoms with van der Waals surface area (Å²) in [5.74, 6) is -1.37. The van der Waals surface area contributed by atoms with E-state index in [0.717, 1.165) is 5.56 Å². The second-order valence-corrected chi connectivity index (χ2v) is 6.64. The maximum absolute atomic E-state index is 11.3. The van der Waals surface area contributed by atoms with Crippen molar-refractivity contribution < 1.29 is 15.0 Å². The maximum atomic E-state index is 11.3. The van der Waals surface area contributed by atoms with E-state index in [1.807, 2.05) is 32.0 Å². The zero-order valence-corrected chi connectivity index (χ0v) is 14.8. The summed E-state index contributed by atoms with van der Waals surface area (Å²) in [6.45, 7) is 5.54. The first-order valence-electron chi connectivity index (χ1n) is 7.86. The van der Waals surface area contributed by atoms with Gasteiger partial charge in [-0.15, -0.1) is 0 Å². The third kappa shape index (κ3) is 3.10. The van der Waals surface area contributed by atoms with Crippen LogP contribution in [0.15, 0.2) is 30.3 Å². The van der Waals surface area contributed by atoms with Crippen molar-refractivity contribution >= 4 is 23.2 Å². The molecule has 1 unspecified atom stereocenters. The molecular weight excluding hydrogens is 342 g/mol. The quantitative estimate of drug-likeness (QED) is 0.743. The van der Waals surface area contributed by atoms with Crippen LogP contribution in [0.1, 0.15) is 42.8 Å². The molecule has 2 heterocycles. The smallest absolute Gasteiger partial charge is 0.337 e. The predicted molar refractivity (Wildman–Crippen MR) is 94.9 cm³/mol. The minimum Gasteiger partial charge on any atom is -0.479 e. The summed E-state index contributed by atoms with van der Waals surface area (Å²) < 4.78 is 1.61. The Kier molecular flexibility index (Phi) is 4.49. The first-order valence-corrected chi connectivity index (χ1v) is 8.24. The fraction of sp³-hybridized carbons (Fsp3) is 0.278. The lowest BCUT2D eigenvalue weighted by Crippen LogP contribution is -2.19. The van der Waals surface area contributed by atoms with Crippen molar-refractivity contribution in [2.45, 2.75) is 32.8 Å². The molecule has 130 valence electrons. The molecule has 0 radical (unpaired) electrons. The number of benzene rings is 1. The Morgan fingerprint density at radius 2 is 2.00 bits per heavy atom. The molecule has 6 nitrogen and oxygen atoms in total. The molecule has 0 fully saturated rings. The first-order chi connectivity index (χ1) is 11.8. The number of nitrogens with zero attached hydrogens (tertiary/aromatic N) is 3. The number of aryl methyl sites for hydroxylation is 1. The SMILES string of the molecule is Cc1nc2cc(-c3cccc(Cl)c3)nn2c(C(C)C)c1C(O)C(=O)O. The lowest BCUT2D eigenvalue weighted by Gasteiger charge is -2.18. The zero-order chi connectivity index (χ0) is 18.3. The molecular formula is C18H18ClN3O3. The van der Waals surface area contributed by atoms with E-state index in [2.05, 4.69) is 10.1 Å². The molecule has 25 heavy (non-hydrogen) atoms. The van der Waals surface area contributed by atoms with Gasteiger partial charge in [-0.05, 0) is 25.0 Å². The van der Waals surface area contributed by atoms with Crippen molar-refractivity contribution in [3.63, 3.8) is 0 Å². The minimum atomic E-state index is -1.65.